The number of aromatic amines is 1. The largest absolute Gasteiger partial charge is 0.328 e. The van der Waals surface area contributed by atoms with E-state index in [0.717, 1.165) is 5.56 Å². The summed E-state index contributed by atoms with van der Waals surface area (Å²) >= 11 is 3.29. The van der Waals surface area contributed by atoms with Crippen LogP contribution >= 0.6 is 15.9 Å². The van der Waals surface area contributed by atoms with Gasteiger partial charge in [0.15, 0.2) is 0 Å². The molecule has 1 heterocycles. The average Bonchev–Trinajstić information content (AvgIpc) is 2.30. The van der Waals surface area contributed by atoms with Gasteiger partial charge in [0.05, 0.1) is 0 Å². The summed E-state index contributed by atoms with van der Waals surface area (Å²) in [6.45, 7) is 0. The normalized spacial score (nSPS) is 10.4. The van der Waals surface area contributed by atoms with Gasteiger partial charge in [-0.05, 0) is 11.6 Å². The van der Waals surface area contributed by atoms with Crippen molar-refractivity contribution in [2.75, 3.05) is 0 Å². The van der Waals surface area contributed by atoms with E-state index in [4.69, 9.17) is 0 Å². The summed E-state index contributed by atoms with van der Waals surface area (Å²) < 4.78 is 13.6. The lowest BCUT2D eigenvalue weighted by atomic mass is 10.0. The van der Waals surface area contributed by atoms with Crippen LogP contribution in [0.2, 0.25) is 0 Å². The zero-order valence-corrected chi connectivity index (χ0v) is 9.92. The van der Waals surface area contributed by atoms with E-state index in [9.17, 15) is 9.18 Å². The van der Waals surface area contributed by atoms with E-state index in [1.54, 1.807) is 18.2 Å². The Morgan fingerprint density at radius 3 is 2.69 bits per heavy atom. The highest BCUT2D eigenvalue weighted by atomic mass is 79.9. The summed E-state index contributed by atoms with van der Waals surface area (Å²) in [4.78, 5) is 13.7. The Balaban J connectivity index is 2.65. The zero-order valence-electron chi connectivity index (χ0n) is 8.34. The second-order valence-corrected chi connectivity index (χ2v) is 3.91. The molecule has 0 spiro atoms. The summed E-state index contributed by atoms with van der Waals surface area (Å²) in [5.74, 6) is -0.295. The smallest absolute Gasteiger partial charge is 0.248 e. The number of benzene rings is 1. The molecule has 0 atom stereocenters. The van der Waals surface area contributed by atoms with E-state index in [1.807, 2.05) is 0 Å². The Morgan fingerprint density at radius 1 is 1.25 bits per heavy atom. The predicted octanol–water partition coefficient (Wildman–Crippen LogP) is 3.08. The molecule has 0 aliphatic carbocycles. The van der Waals surface area contributed by atoms with Crippen LogP contribution in [0.5, 0.6) is 0 Å². The Bertz CT molecular complexity index is 565. The lowest BCUT2D eigenvalue weighted by Crippen LogP contribution is -2.06. The van der Waals surface area contributed by atoms with Crippen molar-refractivity contribution in [2.45, 2.75) is 5.33 Å². The van der Waals surface area contributed by atoms with Crippen molar-refractivity contribution >= 4 is 15.9 Å². The molecule has 0 aliphatic heterocycles. The van der Waals surface area contributed by atoms with Crippen LogP contribution in [0.4, 0.5) is 4.39 Å². The van der Waals surface area contributed by atoms with E-state index in [0.29, 0.717) is 16.5 Å². The SMILES string of the molecule is O=c1cc(CBr)c(-c2ccccc2F)c[nH]1. The second kappa shape index (κ2) is 4.61. The molecule has 0 saturated heterocycles. The number of hydrogen-bond acceptors (Lipinski definition) is 1. The van der Waals surface area contributed by atoms with Gasteiger partial charge >= 0.3 is 0 Å². The van der Waals surface area contributed by atoms with E-state index >= 15 is 0 Å². The number of rotatable bonds is 2. The van der Waals surface area contributed by atoms with Gasteiger partial charge in [0, 0.05) is 28.7 Å². The van der Waals surface area contributed by atoms with Crippen LogP contribution in [0.15, 0.2) is 41.3 Å². The Morgan fingerprint density at radius 2 is 2.00 bits per heavy atom. The molecule has 0 fully saturated rings. The molecule has 0 saturated carbocycles. The minimum absolute atomic E-state index is 0.186. The Labute approximate surface area is 100 Å². The first-order valence-corrected chi connectivity index (χ1v) is 5.87. The van der Waals surface area contributed by atoms with Crippen molar-refractivity contribution in [1.82, 2.24) is 4.98 Å². The number of halogens is 2. The van der Waals surface area contributed by atoms with Crippen LogP contribution in [-0.4, -0.2) is 4.98 Å². The highest BCUT2D eigenvalue weighted by Crippen LogP contribution is 2.25. The van der Waals surface area contributed by atoms with Crippen molar-refractivity contribution in [2.24, 2.45) is 0 Å². The van der Waals surface area contributed by atoms with Crippen molar-refractivity contribution < 1.29 is 4.39 Å². The summed E-state index contributed by atoms with van der Waals surface area (Å²) in [7, 11) is 0. The third-order valence-corrected chi connectivity index (χ3v) is 2.92. The second-order valence-electron chi connectivity index (χ2n) is 3.35. The Hall–Kier alpha value is -1.42. The minimum Gasteiger partial charge on any atom is -0.328 e. The molecule has 0 aliphatic rings. The molecular formula is C12H9BrFNO. The highest BCUT2D eigenvalue weighted by molar-refractivity contribution is 9.08. The van der Waals surface area contributed by atoms with Gasteiger partial charge in [-0.2, -0.15) is 0 Å². The van der Waals surface area contributed by atoms with Gasteiger partial charge in [-0.3, -0.25) is 4.79 Å². The molecule has 1 N–H and O–H groups in total. The third-order valence-electron chi connectivity index (χ3n) is 2.32. The fourth-order valence-electron chi connectivity index (χ4n) is 1.55. The maximum Gasteiger partial charge on any atom is 0.248 e. The minimum atomic E-state index is -0.295. The van der Waals surface area contributed by atoms with Crippen LogP contribution in [0.3, 0.4) is 0 Å². The first-order valence-electron chi connectivity index (χ1n) is 4.75. The summed E-state index contributed by atoms with van der Waals surface area (Å²) in [5, 5.41) is 0.514. The number of H-pyrrole nitrogens is 1. The standard InChI is InChI=1S/C12H9BrFNO/c13-6-8-5-12(16)15-7-10(8)9-3-1-2-4-11(9)14/h1-5,7H,6H2,(H,15,16). The molecule has 1 aromatic carbocycles. The molecule has 2 aromatic rings. The zero-order chi connectivity index (χ0) is 11.5. The molecule has 0 bridgehead atoms. The molecule has 0 radical (unpaired) electrons. The van der Waals surface area contributed by atoms with Crippen LogP contribution in [0.1, 0.15) is 5.56 Å². The number of aromatic nitrogens is 1. The monoisotopic (exact) mass is 281 g/mol. The first-order chi connectivity index (χ1) is 7.72. The van der Waals surface area contributed by atoms with Crippen molar-refractivity contribution in [3.8, 4) is 11.1 Å². The highest BCUT2D eigenvalue weighted by Gasteiger charge is 2.08. The van der Waals surface area contributed by atoms with Crippen LogP contribution in [-0.2, 0) is 5.33 Å². The molecule has 16 heavy (non-hydrogen) atoms. The molecule has 2 rings (SSSR count). The van der Waals surface area contributed by atoms with Crippen LogP contribution in [0, 0.1) is 5.82 Å². The van der Waals surface area contributed by atoms with Crippen molar-refractivity contribution in [1.29, 1.82) is 0 Å². The topological polar surface area (TPSA) is 32.9 Å². The molecular weight excluding hydrogens is 273 g/mol. The van der Waals surface area contributed by atoms with Crippen molar-refractivity contribution in [3.05, 3.63) is 58.3 Å². The van der Waals surface area contributed by atoms with Crippen molar-refractivity contribution in [3.63, 3.8) is 0 Å². The number of hydrogen-bond donors (Lipinski definition) is 1. The molecule has 0 amide bonds. The number of nitrogens with one attached hydrogen (secondary N) is 1. The summed E-state index contributed by atoms with van der Waals surface area (Å²) in [6.07, 6.45) is 1.54. The Kier molecular flexibility index (Phi) is 3.19. The van der Waals surface area contributed by atoms with Gasteiger partial charge in [-0.25, -0.2) is 4.39 Å². The quantitative estimate of drug-likeness (QED) is 0.844. The van der Waals surface area contributed by atoms with Gasteiger partial charge in [-0.15, -0.1) is 0 Å². The van der Waals surface area contributed by atoms with E-state index in [1.165, 1.54) is 18.3 Å². The summed E-state index contributed by atoms with van der Waals surface area (Å²) in [5.41, 5.74) is 1.78. The number of alkyl halides is 1. The van der Waals surface area contributed by atoms with Gasteiger partial charge < -0.3 is 4.98 Å². The van der Waals surface area contributed by atoms with Gasteiger partial charge in [0.2, 0.25) is 5.56 Å². The molecule has 2 nitrogen and oxygen atoms in total. The fourth-order valence-corrected chi connectivity index (χ4v) is 2.02. The van der Waals surface area contributed by atoms with Gasteiger partial charge in [0.25, 0.3) is 0 Å². The lowest BCUT2D eigenvalue weighted by molar-refractivity contribution is 0.631. The lowest BCUT2D eigenvalue weighted by Gasteiger charge is -2.07. The van der Waals surface area contributed by atoms with E-state index in [-0.39, 0.29) is 11.4 Å². The van der Waals surface area contributed by atoms with Crippen LogP contribution in [0.25, 0.3) is 11.1 Å². The third kappa shape index (κ3) is 2.07. The van der Waals surface area contributed by atoms with E-state index in [2.05, 4.69) is 20.9 Å². The van der Waals surface area contributed by atoms with Gasteiger partial charge in [-0.1, -0.05) is 34.1 Å². The maximum atomic E-state index is 13.6. The molecule has 1 aromatic heterocycles. The fraction of sp³-hybridized carbons (Fsp3) is 0.0833. The van der Waals surface area contributed by atoms with E-state index < -0.39 is 0 Å². The first kappa shape index (κ1) is 11.1. The van der Waals surface area contributed by atoms with Crippen LogP contribution < -0.4 is 5.56 Å². The number of pyridine rings is 1. The average molecular weight is 282 g/mol. The molecule has 4 heteroatoms. The maximum absolute atomic E-state index is 13.6. The predicted molar refractivity (Wildman–Crippen MR) is 65.1 cm³/mol. The molecule has 0 unspecified atom stereocenters. The van der Waals surface area contributed by atoms with Gasteiger partial charge in [0.1, 0.15) is 5.82 Å². The molecule has 82 valence electrons. The summed E-state index contributed by atoms with van der Waals surface area (Å²) in [6, 6.07) is 7.96.